The Labute approximate surface area is 133 Å². The Morgan fingerprint density at radius 3 is 2.91 bits per heavy atom. The highest BCUT2D eigenvalue weighted by atomic mass is 16.2. The summed E-state index contributed by atoms with van der Waals surface area (Å²) in [4.78, 5) is 14.5. The molecule has 1 amide bonds. The van der Waals surface area contributed by atoms with Crippen LogP contribution >= 0.6 is 0 Å². The topological polar surface area (TPSA) is 44.4 Å². The number of fused-ring (bicyclic) bond motifs is 1. The number of carbonyl (C=O) groups excluding carboxylic acids is 1. The van der Waals surface area contributed by atoms with Crippen molar-refractivity contribution in [3.05, 3.63) is 29.8 Å². The first kappa shape index (κ1) is 15.3. The van der Waals surface area contributed by atoms with Crippen molar-refractivity contribution in [3.8, 4) is 0 Å². The quantitative estimate of drug-likeness (QED) is 0.845. The van der Waals surface area contributed by atoms with E-state index in [0.717, 1.165) is 38.9 Å². The smallest absolute Gasteiger partial charge is 0.237 e. The molecule has 1 aliphatic heterocycles. The molecule has 4 nitrogen and oxygen atoms in total. The fraction of sp³-hybridized carbons (Fsp3) is 0.611. The minimum Gasteiger partial charge on any atom is -0.370 e. The molecule has 4 heteroatoms. The third-order valence-electron chi connectivity index (χ3n) is 4.91. The van der Waals surface area contributed by atoms with Gasteiger partial charge in [-0.25, -0.2) is 0 Å². The normalized spacial score (nSPS) is 19.2. The molecular formula is C18H27N3O. The highest BCUT2D eigenvalue weighted by Gasteiger charge is 2.21. The molecule has 1 aliphatic carbocycles. The van der Waals surface area contributed by atoms with Gasteiger partial charge in [0.1, 0.15) is 0 Å². The van der Waals surface area contributed by atoms with Crippen LogP contribution in [0.5, 0.6) is 0 Å². The van der Waals surface area contributed by atoms with E-state index in [1.54, 1.807) is 0 Å². The predicted molar refractivity (Wildman–Crippen MR) is 90.2 cm³/mol. The minimum absolute atomic E-state index is 0.113. The summed E-state index contributed by atoms with van der Waals surface area (Å²) in [6.45, 7) is 4.84. The first-order valence-electron chi connectivity index (χ1n) is 8.60. The second kappa shape index (κ2) is 7.14. The minimum atomic E-state index is -0.113. The maximum atomic E-state index is 12.1. The molecule has 0 saturated heterocycles. The lowest BCUT2D eigenvalue weighted by molar-refractivity contribution is -0.123. The van der Waals surface area contributed by atoms with E-state index in [2.05, 4.69) is 39.8 Å². The van der Waals surface area contributed by atoms with Crippen LogP contribution in [0.15, 0.2) is 24.3 Å². The number of nitrogens with zero attached hydrogens (tertiary/aromatic N) is 1. The molecule has 1 aromatic rings. The van der Waals surface area contributed by atoms with Gasteiger partial charge < -0.3 is 15.5 Å². The van der Waals surface area contributed by atoms with E-state index >= 15 is 0 Å². The largest absolute Gasteiger partial charge is 0.370 e. The van der Waals surface area contributed by atoms with Gasteiger partial charge in [-0.3, -0.25) is 4.79 Å². The van der Waals surface area contributed by atoms with E-state index in [0.29, 0.717) is 6.04 Å². The van der Waals surface area contributed by atoms with Crippen molar-refractivity contribution >= 4 is 11.6 Å². The Kier molecular flexibility index (Phi) is 4.98. The fourth-order valence-corrected chi connectivity index (χ4v) is 3.54. The van der Waals surface area contributed by atoms with Crippen LogP contribution in [0.4, 0.5) is 5.69 Å². The molecule has 2 aliphatic rings. The van der Waals surface area contributed by atoms with Crippen LogP contribution in [0, 0.1) is 0 Å². The number of rotatable bonds is 6. The fourth-order valence-electron chi connectivity index (χ4n) is 3.54. The van der Waals surface area contributed by atoms with Crippen molar-refractivity contribution in [1.29, 1.82) is 0 Å². The monoisotopic (exact) mass is 301 g/mol. The lowest BCUT2D eigenvalue weighted by atomic mass is 10.2. The molecule has 1 heterocycles. The summed E-state index contributed by atoms with van der Waals surface area (Å²) >= 11 is 0. The SMILES string of the molecule is CC(NCCN1CCc2ccccc21)C(=O)NC1CCCC1. The van der Waals surface area contributed by atoms with E-state index in [1.807, 2.05) is 6.92 Å². The van der Waals surface area contributed by atoms with Gasteiger partial charge >= 0.3 is 0 Å². The maximum absolute atomic E-state index is 12.1. The summed E-state index contributed by atoms with van der Waals surface area (Å²) in [6.07, 6.45) is 5.92. The number of para-hydroxylation sites is 1. The number of benzene rings is 1. The number of carbonyl (C=O) groups is 1. The molecule has 1 saturated carbocycles. The maximum Gasteiger partial charge on any atom is 0.237 e. The van der Waals surface area contributed by atoms with Crippen LogP contribution in [0.25, 0.3) is 0 Å². The summed E-state index contributed by atoms with van der Waals surface area (Å²) in [5.41, 5.74) is 2.79. The lowest BCUT2D eigenvalue weighted by Crippen LogP contribution is -2.47. The molecule has 3 rings (SSSR count). The highest BCUT2D eigenvalue weighted by Crippen LogP contribution is 2.26. The zero-order chi connectivity index (χ0) is 15.4. The first-order chi connectivity index (χ1) is 10.7. The van der Waals surface area contributed by atoms with Gasteiger partial charge in [-0.05, 0) is 37.8 Å². The molecule has 1 aromatic carbocycles. The Balaban J connectivity index is 1.40. The molecule has 0 aromatic heterocycles. The average Bonchev–Trinajstić information content (AvgIpc) is 3.17. The molecule has 2 N–H and O–H groups in total. The van der Waals surface area contributed by atoms with Crippen molar-refractivity contribution in [1.82, 2.24) is 10.6 Å². The third-order valence-corrected chi connectivity index (χ3v) is 4.91. The number of hydrogen-bond acceptors (Lipinski definition) is 3. The summed E-state index contributed by atoms with van der Waals surface area (Å²) in [7, 11) is 0. The summed E-state index contributed by atoms with van der Waals surface area (Å²) < 4.78 is 0. The van der Waals surface area contributed by atoms with Crippen LogP contribution in [-0.2, 0) is 11.2 Å². The molecule has 22 heavy (non-hydrogen) atoms. The molecule has 0 bridgehead atoms. The van der Waals surface area contributed by atoms with Crippen molar-refractivity contribution in [2.75, 3.05) is 24.5 Å². The second-order valence-electron chi connectivity index (χ2n) is 6.53. The Morgan fingerprint density at radius 1 is 1.32 bits per heavy atom. The van der Waals surface area contributed by atoms with Crippen LogP contribution in [0.3, 0.4) is 0 Å². The van der Waals surface area contributed by atoms with Crippen molar-refractivity contribution in [2.45, 2.75) is 51.1 Å². The molecular weight excluding hydrogens is 274 g/mol. The van der Waals surface area contributed by atoms with E-state index in [4.69, 9.17) is 0 Å². The third kappa shape index (κ3) is 3.61. The second-order valence-corrected chi connectivity index (χ2v) is 6.53. The van der Waals surface area contributed by atoms with Crippen LogP contribution in [0.1, 0.15) is 38.2 Å². The Bertz CT molecular complexity index is 511. The summed E-state index contributed by atoms with van der Waals surface area (Å²) in [6, 6.07) is 8.90. The predicted octanol–water partition coefficient (Wildman–Crippen LogP) is 2.09. The van der Waals surface area contributed by atoms with E-state index in [1.165, 1.54) is 24.1 Å². The van der Waals surface area contributed by atoms with Gasteiger partial charge in [0.2, 0.25) is 5.91 Å². The molecule has 1 unspecified atom stereocenters. The van der Waals surface area contributed by atoms with E-state index < -0.39 is 0 Å². The van der Waals surface area contributed by atoms with Gasteiger partial charge in [0.15, 0.2) is 0 Å². The Morgan fingerprint density at radius 2 is 2.09 bits per heavy atom. The molecule has 0 spiro atoms. The molecule has 0 radical (unpaired) electrons. The zero-order valence-electron chi connectivity index (χ0n) is 13.5. The van der Waals surface area contributed by atoms with E-state index in [-0.39, 0.29) is 11.9 Å². The first-order valence-corrected chi connectivity index (χ1v) is 8.60. The van der Waals surface area contributed by atoms with Crippen molar-refractivity contribution in [2.24, 2.45) is 0 Å². The van der Waals surface area contributed by atoms with Crippen molar-refractivity contribution < 1.29 is 4.79 Å². The van der Waals surface area contributed by atoms with Gasteiger partial charge in [0.05, 0.1) is 6.04 Å². The van der Waals surface area contributed by atoms with Crippen LogP contribution < -0.4 is 15.5 Å². The number of nitrogens with one attached hydrogen (secondary N) is 2. The van der Waals surface area contributed by atoms with Gasteiger partial charge in [0.25, 0.3) is 0 Å². The lowest BCUT2D eigenvalue weighted by Gasteiger charge is -2.22. The number of amides is 1. The van der Waals surface area contributed by atoms with Gasteiger partial charge in [0, 0.05) is 31.4 Å². The van der Waals surface area contributed by atoms with Crippen LogP contribution in [-0.4, -0.2) is 37.6 Å². The standard InChI is InChI=1S/C18H27N3O/c1-14(18(22)20-16-7-3-4-8-16)19-11-13-21-12-10-15-6-2-5-9-17(15)21/h2,5-6,9,14,16,19H,3-4,7-8,10-13H2,1H3,(H,20,22). The van der Waals surface area contributed by atoms with Gasteiger partial charge in [-0.15, -0.1) is 0 Å². The van der Waals surface area contributed by atoms with Gasteiger partial charge in [-0.2, -0.15) is 0 Å². The zero-order valence-corrected chi connectivity index (χ0v) is 13.5. The van der Waals surface area contributed by atoms with Crippen LogP contribution in [0.2, 0.25) is 0 Å². The number of hydrogen-bond donors (Lipinski definition) is 2. The number of anilines is 1. The molecule has 1 atom stereocenters. The highest BCUT2D eigenvalue weighted by molar-refractivity contribution is 5.81. The average molecular weight is 301 g/mol. The molecule has 120 valence electrons. The van der Waals surface area contributed by atoms with Gasteiger partial charge in [-0.1, -0.05) is 31.0 Å². The molecule has 1 fully saturated rings. The Hall–Kier alpha value is -1.55. The van der Waals surface area contributed by atoms with Crippen molar-refractivity contribution in [3.63, 3.8) is 0 Å². The summed E-state index contributed by atoms with van der Waals surface area (Å²) in [5.74, 6) is 0.147. The van der Waals surface area contributed by atoms with E-state index in [9.17, 15) is 4.79 Å². The summed E-state index contributed by atoms with van der Waals surface area (Å²) in [5, 5.41) is 6.52.